The molecule has 1 aromatic rings. The van der Waals surface area contributed by atoms with Crippen molar-refractivity contribution in [2.75, 3.05) is 26.2 Å². The fraction of sp³-hybridized carbons (Fsp3) is 0.556. The van der Waals surface area contributed by atoms with E-state index in [1.807, 2.05) is 17.9 Å². The molecule has 0 aliphatic carbocycles. The second-order valence-electron chi connectivity index (χ2n) is 6.15. The van der Waals surface area contributed by atoms with E-state index in [1.54, 1.807) is 6.07 Å². The maximum absolute atomic E-state index is 13.6. The van der Waals surface area contributed by atoms with E-state index >= 15 is 0 Å². The lowest BCUT2D eigenvalue weighted by atomic mass is 9.88. The second-order valence-corrected chi connectivity index (χ2v) is 6.54. The van der Waals surface area contributed by atoms with Crippen LogP contribution in [0, 0.1) is 11.7 Å². The predicted molar refractivity (Wildman–Crippen MR) is 98.4 cm³/mol. The van der Waals surface area contributed by atoms with Gasteiger partial charge >= 0.3 is 0 Å². The van der Waals surface area contributed by atoms with E-state index in [9.17, 15) is 9.18 Å². The number of hydrogen-bond donors (Lipinski definition) is 2. The quantitative estimate of drug-likeness (QED) is 0.611. The Morgan fingerprint density at radius 1 is 1.33 bits per heavy atom. The molecule has 0 radical (unpaired) electrons. The van der Waals surface area contributed by atoms with Gasteiger partial charge in [-0.1, -0.05) is 25.5 Å². The monoisotopic (exact) mass is 351 g/mol. The topological polar surface area (TPSA) is 44.4 Å². The van der Waals surface area contributed by atoms with Gasteiger partial charge in [0.25, 0.3) is 0 Å². The molecule has 2 rings (SSSR count). The van der Waals surface area contributed by atoms with Crippen LogP contribution in [0.15, 0.2) is 24.3 Å². The van der Waals surface area contributed by atoms with E-state index in [0.29, 0.717) is 24.7 Å². The Hall–Kier alpha value is -1.69. The Kier molecular flexibility index (Phi) is 6.97. The van der Waals surface area contributed by atoms with Gasteiger partial charge in [0.1, 0.15) is 5.82 Å². The number of nitrogens with zero attached hydrogens (tertiary/aromatic N) is 1. The minimum absolute atomic E-state index is 0.0273. The summed E-state index contributed by atoms with van der Waals surface area (Å²) in [5.41, 5.74) is 0.854. The van der Waals surface area contributed by atoms with Crippen molar-refractivity contribution in [2.24, 2.45) is 5.92 Å². The van der Waals surface area contributed by atoms with Crippen molar-refractivity contribution in [1.29, 1.82) is 0 Å². The van der Waals surface area contributed by atoms with Crippen molar-refractivity contribution in [2.45, 2.75) is 32.6 Å². The zero-order valence-corrected chi connectivity index (χ0v) is 15.2. The number of benzene rings is 1. The largest absolute Gasteiger partial charge is 0.363 e. The van der Waals surface area contributed by atoms with Gasteiger partial charge in [0.2, 0.25) is 5.91 Å². The SMILES string of the molecule is CCCCNC(=O)C1CN(C(=S)NCC)CC1c1cccc(F)c1. The summed E-state index contributed by atoms with van der Waals surface area (Å²) in [6.07, 6.45) is 2.00. The molecule has 1 saturated heterocycles. The molecule has 1 aliphatic heterocycles. The minimum atomic E-state index is -0.273. The van der Waals surface area contributed by atoms with Gasteiger partial charge in [-0.25, -0.2) is 4.39 Å². The predicted octanol–water partition coefficient (Wildman–Crippen LogP) is 2.65. The summed E-state index contributed by atoms with van der Waals surface area (Å²) < 4.78 is 13.6. The first-order chi connectivity index (χ1) is 11.6. The third-order valence-corrected chi connectivity index (χ3v) is 4.78. The highest BCUT2D eigenvalue weighted by Gasteiger charge is 2.39. The molecule has 2 N–H and O–H groups in total. The van der Waals surface area contributed by atoms with Crippen molar-refractivity contribution in [3.05, 3.63) is 35.6 Å². The number of rotatable bonds is 6. The standard InChI is InChI=1S/C18H26FN3OS/c1-3-5-9-21-17(23)16-12-22(18(24)20-4-2)11-15(16)13-7-6-8-14(19)10-13/h6-8,10,15-16H,3-5,9,11-12H2,1-2H3,(H,20,24)(H,21,23). The van der Waals surface area contributed by atoms with Crippen LogP contribution in [-0.2, 0) is 4.79 Å². The van der Waals surface area contributed by atoms with Crippen LogP contribution in [0.5, 0.6) is 0 Å². The van der Waals surface area contributed by atoms with Crippen LogP contribution in [0.2, 0.25) is 0 Å². The fourth-order valence-electron chi connectivity index (χ4n) is 3.09. The summed E-state index contributed by atoms with van der Waals surface area (Å²) in [6, 6.07) is 6.54. The number of likely N-dealkylation sites (tertiary alicyclic amines) is 1. The lowest BCUT2D eigenvalue weighted by Crippen LogP contribution is -2.39. The molecule has 0 spiro atoms. The van der Waals surface area contributed by atoms with Gasteiger partial charge < -0.3 is 15.5 Å². The molecule has 132 valence electrons. The van der Waals surface area contributed by atoms with E-state index in [4.69, 9.17) is 12.2 Å². The lowest BCUT2D eigenvalue weighted by molar-refractivity contribution is -0.124. The number of unbranched alkanes of at least 4 members (excludes halogenated alkanes) is 1. The molecule has 4 nitrogen and oxygen atoms in total. The number of halogens is 1. The van der Waals surface area contributed by atoms with Crippen LogP contribution in [-0.4, -0.2) is 42.1 Å². The van der Waals surface area contributed by atoms with Crippen molar-refractivity contribution < 1.29 is 9.18 Å². The number of hydrogen-bond acceptors (Lipinski definition) is 2. The Bertz CT molecular complexity index is 581. The van der Waals surface area contributed by atoms with Crippen LogP contribution in [0.4, 0.5) is 4.39 Å². The van der Waals surface area contributed by atoms with Gasteiger partial charge in [-0.3, -0.25) is 4.79 Å². The molecular formula is C18H26FN3OS. The van der Waals surface area contributed by atoms with E-state index < -0.39 is 0 Å². The van der Waals surface area contributed by atoms with E-state index in [-0.39, 0.29) is 23.6 Å². The molecule has 24 heavy (non-hydrogen) atoms. The molecule has 0 saturated carbocycles. The maximum atomic E-state index is 13.6. The Morgan fingerprint density at radius 2 is 2.12 bits per heavy atom. The van der Waals surface area contributed by atoms with Gasteiger partial charge in [-0.15, -0.1) is 0 Å². The highest BCUT2D eigenvalue weighted by Crippen LogP contribution is 2.33. The van der Waals surface area contributed by atoms with Crippen LogP contribution in [0.25, 0.3) is 0 Å². The van der Waals surface area contributed by atoms with Crippen LogP contribution in [0.3, 0.4) is 0 Å². The minimum Gasteiger partial charge on any atom is -0.363 e. The molecule has 2 atom stereocenters. The molecular weight excluding hydrogens is 325 g/mol. The molecule has 0 aromatic heterocycles. The third kappa shape index (κ3) is 4.66. The van der Waals surface area contributed by atoms with Gasteiger partial charge in [-0.2, -0.15) is 0 Å². The van der Waals surface area contributed by atoms with Crippen molar-refractivity contribution in [1.82, 2.24) is 15.5 Å². The molecule has 6 heteroatoms. The number of amides is 1. The average Bonchev–Trinajstić information content (AvgIpc) is 3.01. The molecule has 1 heterocycles. The summed E-state index contributed by atoms with van der Waals surface area (Å²) in [4.78, 5) is 14.6. The van der Waals surface area contributed by atoms with E-state index in [0.717, 1.165) is 24.9 Å². The van der Waals surface area contributed by atoms with Crippen molar-refractivity contribution in [3.8, 4) is 0 Å². The Morgan fingerprint density at radius 3 is 2.79 bits per heavy atom. The lowest BCUT2D eigenvalue weighted by Gasteiger charge is -2.19. The second kappa shape index (κ2) is 8.97. The number of thiocarbonyl (C=S) groups is 1. The third-order valence-electron chi connectivity index (χ3n) is 4.38. The Labute approximate surface area is 148 Å². The van der Waals surface area contributed by atoms with Crippen LogP contribution < -0.4 is 10.6 Å². The average molecular weight is 351 g/mol. The van der Waals surface area contributed by atoms with Crippen LogP contribution >= 0.6 is 12.2 Å². The smallest absolute Gasteiger partial charge is 0.225 e. The molecule has 1 amide bonds. The van der Waals surface area contributed by atoms with Gasteiger partial charge in [0.15, 0.2) is 5.11 Å². The normalized spacial score (nSPS) is 20.0. The first-order valence-corrected chi connectivity index (χ1v) is 9.03. The number of carbonyl (C=O) groups is 1. The maximum Gasteiger partial charge on any atom is 0.225 e. The van der Waals surface area contributed by atoms with Crippen molar-refractivity contribution in [3.63, 3.8) is 0 Å². The summed E-state index contributed by atoms with van der Waals surface area (Å²) in [5.74, 6) is -0.524. The zero-order valence-electron chi connectivity index (χ0n) is 14.3. The highest BCUT2D eigenvalue weighted by molar-refractivity contribution is 7.80. The summed E-state index contributed by atoms with van der Waals surface area (Å²) in [6.45, 7) is 6.69. The highest BCUT2D eigenvalue weighted by atomic mass is 32.1. The Balaban J connectivity index is 2.16. The van der Waals surface area contributed by atoms with Crippen molar-refractivity contribution >= 4 is 23.2 Å². The van der Waals surface area contributed by atoms with Gasteiger partial charge in [0.05, 0.1) is 5.92 Å². The molecule has 1 aromatic carbocycles. The summed E-state index contributed by atoms with van der Waals surface area (Å²) >= 11 is 5.40. The number of carbonyl (C=O) groups excluding carboxylic acids is 1. The fourth-order valence-corrected chi connectivity index (χ4v) is 3.39. The molecule has 2 unspecified atom stereocenters. The molecule has 1 aliphatic rings. The molecule has 1 fully saturated rings. The summed E-state index contributed by atoms with van der Waals surface area (Å²) in [5, 5.41) is 6.80. The van der Waals surface area contributed by atoms with E-state index in [2.05, 4.69) is 17.6 Å². The summed E-state index contributed by atoms with van der Waals surface area (Å²) in [7, 11) is 0. The van der Waals surface area contributed by atoms with Gasteiger partial charge in [-0.05, 0) is 43.3 Å². The first kappa shape index (κ1) is 18.6. The van der Waals surface area contributed by atoms with Crippen LogP contribution in [0.1, 0.15) is 38.2 Å². The zero-order chi connectivity index (χ0) is 17.5. The van der Waals surface area contributed by atoms with E-state index in [1.165, 1.54) is 12.1 Å². The molecule has 0 bridgehead atoms. The number of nitrogens with one attached hydrogen (secondary N) is 2. The van der Waals surface area contributed by atoms with Gasteiger partial charge in [0, 0.05) is 32.1 Å². The first-order valence-electron chi connectivity index (χ1n) is 8.62.